The third-order valence-electron chi connectivity index (χ3n) is 4.85. The summed E-state index contributed by atoms with van der Waals surface area (Å²) >= 11 is 1.56. The molecule has 3 aromatic carbocycles. The third-order valence-corrected chi connectivity index (χ3v) is 5.89. The predicted octanol–water partition coefficient (Wildman–Crippen LogP) is 6.58. The number of benzene rings is 3. The van der Waals surface area contributed by atoms with Crippen molar-refractivity contribution in [3.05, 3.63) is 77.4 Å². The summed E-state index contributed by atoms with van der Waals surface area (Å²) in [5, 5.41) is 8.75. The van der Waals surface area contributed by atoms with Crippen LogP contribution in [0.3, 0.4) is 0 Å². The topological polar surface area (TPSA) is 72.6 Å². The lowest BCUT2D eigenvalue weighted by Crippen LogP contribution is -2.09. The van der Waals surface area contributed by atoms with Gasteiger partial charge in [0.2, 0.25) is 5.89 Å². The van der Waals surface area contributed by atoms with E-state index in [9.17, 15) is 18.0 Å². The van der Waals surface area contributed by atoms with Gasteiger partial charge < -0.3 is 14.3 Å². The number of oxazole rings is 1. The number of aryl methyl sites for hydroxylation is 1. The minimum atomic E-state index is -4.40. The van der Waals surface area contributed by atoms with Crippen LogP contribution < -0.4 is 4.74 Å². The highest BCUT2D eigenvalue weighted by atomic mass is 32.2. The van der Waals surface area contributed by atoms with Gasteiger partial charge in [-0.2, -0.15) is 13.2 Å². The number of ether oxygens (including phenoxy) is 1. The predicted molar refractivity (Wildman–Crippen MR) is 118 cm³/mol. The molecule has 170 valence electrons. The monoisotopic (exact) mass is 473 g/mol. The van der Waals surface area contributed by atoms with Gasteiger partial charge >= 0.3 is 12.1 Å². The van der Waals surface area contributed by atoms with E-state index in [0.29, 0.717) is 28.2 Å². The van der Waals surface area contributed by atoms with Gasteiger partial charge in [0, 0.05) is 21.8 Å². The van der Waals surface area contributed by atoms with Crippen molar-refractivity contribution in [3.63, 3.8) is 0 Å². The molecule has 0 unspecified atom stereocenters. The van der Waals surface area contributed by atoms with E-state index in [0.717, 1.165) is 28.2 Å². The van der Waals surface area contributed by atoms with Crippen molar-refractivity contribution < 1.29 is 32.2 Å². The Bertz CT molecular complexity index is 1300. The van der Waals surface area contributed by atoms with Gasteiger partial charge in [0.1, 0.15) is 11.3 Å². The van der Waals surface area contributed by atoms with Crippen LogP contribution in [0.4, 0.5) is 13.2 Å². The summed E-state index contributed by atoms with van der Waals surface area (Å²) < 4.78 is 49.6. The molecule has 0 fully saturated rings. The molecule has 9 heteroatoms. The van der Waals surface area contributed by atoms with Gasteiger partial charge in [-0.15, -0.1) is 11.8 Å². The van der Waals surface area contributed by atoms with Crippen LogP contribution in [0.15, 0.2) is 70.0 Å². The van der Waals surface area contributed by atoms with Crippen molar-refractivity contribution in [2.45, 2.75) is 23.7 Å². The van der Waals surface area contributed by atoms with Crippen LogP contribution in [0.5, 0.6) is 5.75 Å². The molecule has 0 aliphatic heterocycles. The molecule has 0 bridgehead atoms. The second-order valence-electron chi connectivity index (χ2n) is 7.26. The first-order valence-corrected chi connectivity index (χ1v) is 10.8. The van der Waals surface area contributed by atoms with E-state index < -0.39 is 24.3 Å². The average Bonchev–Trinajstić information content (AvgIpc) is 3.21. The van der Waals surface area contributed by atoms with Gasteiger partial charge in [0.25, 0.3) is 0 Å². The number of hydrogen-bond donors (Lipinski definition) is 1. The molecule has 5 nitrogen and oxygen atoms in total. The van der Waals surface area contributed by atoms with Gasteiger partial charge in [-0.1, -0.05) is 12.1 Å². The average molecular weight is 473 g/mol. The molecule has 0 saturated carbocycles. The normalized spacial score (nSPS) is 11.6. The number of carboxylic acids is 1. The van der Waals surface area contributed by atoms with E-state index in [1.165, 1.54) is 12.1 Å². The van der Waals surface area contributed by atoms with Crippen LogP contribution in [0.2, 0.25) is 0 Å². The Balaban J connectivity index is 1.52. The highest BCUT2D eigenvalue weighted by molar-refractivity contribution is 7.98. The van der Waals surface area contributed by atoms with Crippen LogP contribution in [0.25, 0.3) is 22.6 Å². The second kappa shape index (κ2) is 9.19. The zero-order valence-corrected chi connectivity index (χ0v) is 18.2. The van der Waals surface area contributed by atoms with Crippen LogP contribution in [0.1, 0.15) is 16.7 Å². The van der Waals surface area contributed by atoms with E-state index in [4.69, 9.17) is 14.3 Å². The quantitative estimate of drug-likeness (QED) is 0.306. The highest BCUT2D eigenvalue weighted by Crippen LogP contribution is 2.34. The molecule has 0 amide bonds. The van der Waals surface area contributed by atoms with Gasteiger partial charge in [0.15, 0.2) is 12.2 Å². The number of aromatic nitrogens is 1. The minimum Gasteiger partial charge on any atom is -0.482 e. The molecule has 1 N–H and O–H groups in total. The van der Waals surface area contributed by atoms with Crippen LogP contribution in [0, 0.1) is 6.92 Å². The molecular weight excluding hydrogens is 455 g/mol. The number of carboxylic acid groups (broad SMARTS) is 1. The van der Waals surface area contributed by atoms with Crippen LogP contribution in [-0.2, 0) is 16.7 Å². The number of thioether (sulfide) groups is 1. The largest absolute Gasteiger partial charge is 0.482 e. The fourth-order valence-corrected chi connectivity index (χ4v) is 4.19. The number of hydrogen-bond acceptors (Lipinski definition) is 5. The first-order valence-electron chi connectivity index (χ1n) is 9.85. The molecule has 0 saturated heterocycles. The zero-order chi connectivity index (χ0) is 23.6. The second-order valence-corrected chi connectivity index (χ2v) is 8.31. The fraction of sp³-hybridized carbons (Fsp3) is 0.167. The van der Waals surface area contributed by atoms with Crippen molar-refractivity contribution in [2.24, 2.45) is 0 Å². The molecule has 4 aromatic rings. The van der Waals surface area contributed by atoms with Crippen LogP contribution >= 0.6 is 11.8 Å². The molecule has 1 aromatic heterocycles. The van der Waals surface area contributed by atoms with E-state index >= 15 is 0 Å². The van der Waals surface area contributed by atoms with Gasteiger partial charge in [-0.25, -0.2) is 9.78 Å². The fourth-order valence-electron chi connectivity index (χ4n) is 3.22. The van der Waals surface area contributed by atoms with Crippen molar-refractivity contribution in [1.29, 1.82) is 0 Å². The number of fused-ring (bicyclic) bond motifs is 1. The van der Waals surface area contributed by atoms with Gasteiger partial charge in [-0.05, 0) is 61.0 Å². The standard InChI is InChI=1S/C24H18F3NO4S/c1-14-11-18(9-10-20(14)31-12-21(29)30)33-13-16-3-2-4-19-22(16)32-23(28-19)15-5-7-17(8-6-15)24(25,26)27/h2-11H,12-13H2,1H3,(H,29,30). The summed E-state index contributed by atoms with van der Waals surface area (Å²) in [7, 11) is 0. The Morgan fingerprint density at radius 3 is 2.55 bits per heavy atom. The lowest BCUT2D eigenvalue weighted by molar-refractivity contribution is -0.139. The lowest BCUT2D eigenvalue weighted by Gasteiger charge is -2.09. The zero-order valence-electron chi connectivity index (χ0n) is 17.3. The van der Waals surface area contributed by atoms with Crippen molar-refractivity contribution in [3.8, 4) is 17.2 Å². The molecule has 0 atom stereocenters. The van der Waals surface area contributed by atoms with Crippen molar-refractivity contribution >= 4 is 28.8 Å². The molecule has 0 spiro atoms. The van der Waals surface area contributed by atoms with Crippen LogP contribution in [-0.4, -0.2) is 22.7 Å². The Labute approximate surface area is 191 Å². The SMILES string of the molecule is Cc1cc(SCc2cccc3nc(-c4ccc(C(F)(F)F)cc4)oc23)ccc1OCC(=O)O. The summed E-state index contributed by atoms with van der Waals surface area (Å²) in [4.78, 5) is 16.1. The Morgan fingerprint density at radius 1 is 1.12 bits per heavy atom. The van der Waals surface area contributed by atoms with Crippen molar-refractivity contribution in [1.82, 2.24) is 4.98 Å². The number of aliphatic carboxylic acids is 1. The van der Waals surface area contributed by atoms with E-state index in [2.05, 4.69) is 4.98 Å². The van der Waals surface area contributed by atoms with E-state index in [1.807, 2.05) is 31.2 Å². The molecule has 0 aliphatic carbocycles. The number of nitrogens with zero attached hydrogens (tertiary/aromatic N) is 1. The number of rotatable bonds is 7. The third kappa shape index (κ3) is 5.31. The molecule has 33 heavy (non-hydrogen) atoms. The molecular formula is C24H18F3NO4S. The number of halogens is 3. The maximum absolute atomic E-state index is 12.8. The summed E-state index contributed by atoms with van der Waals surface area (Å²) in [5.74, 6) is 0.309. The smallest absolute Gasteiger partial charge is 0.416 e. The number of carbonyl (C=O) groups is 1. The Kier molecular flexibility index (Phi) is 6.33. The Hall–Kier alpha value is -3.46. The maximum Gasteiger partial charge on any atom is 0.416 e. The summed E-state index contributed by atoms with van der Waals surface area (Å²) in [5.41, 5.74) is 2.66. The first-order chi connectivity index (χ1) is 15.7. The minimum absolute atomic E-state index is 0.256. The van der Waals surface area contributed by atoms with E-state index in [-0.39, 0.29) is 5.89 Å². The van der Waals surface area contributed by atoms with E-state index in [1.54, 1.807) is 23.9 Å². The Morgan fingerprint density at radius 2 is 1.88 bits per heavy atom. The molecule has 0 aliphatic rings. The molecule has 4 rings (SSSR count). The van der Waals surface area contributed by atoms with Gasteiger partial charge in [-0.3, -0.25) is 0 Å². The highest BCUT2D eigenvalue weighted by Gasteiger charge is 2.30. The van der Waals surface area contributed by atoms with Crippen molar-refractivity contribution in [2.75, 3.05) is 6.61 Å². The summed E-state index contributed by atoms with van der Waals surface area (Å²) in [6.45, 7) is 1.44. The number of alkyl halides is 3. The lowest BCUT2D eigenvalue weighted by atomic mass is 10.1. The summed E-state index contributed by atoms with van der Waals surface area (Å²) in [6, 6.07) is 15.8. The molecule has 0 radical (unpaired) electrons. The number of para-hydroxylation sites is 1. The first kappa shape index (κ1) is 22.7. The molecule has 1 heterocycles. The summed E-state index contributed by atoms with van der Waals surface area (Å²) in [6.07, 6.45) is -4.40. The maximum atomic E-state index is 12.8. The van der Waals surface area contributed by atoms with Gasteiger partial charge in [0.05, 0.1) is 5.56 Å².